The first-order valence-corrected chi connectivity index (χ1v) is 9.28. The van der Waals surface area contributed by atoms with Crippen molar-refractivity contribution in [2.45, 2.75) is 23.5 Å². The van der Waals surface area contributed by atoms with Crippen molar-refractivity contribution < 1.29 is 27.1 Å². The zero-order valence-electron chi connectivity index (χ0n) is 13.9. The fourth-order valence-corrected chi connectivity index (χ4v) is 4.41. The quantitative estimate of drug-likeness (QED) is 0.733. The average molecular weight is 380 g/mol. The molecule has 1 aliphatic rings. The van der Waals surface area contributed by atoms with E-state index in [-0.39, 0.29) is 23.6 Å². The first-order valence-electron chi connectivity index (χ1n) is 7.84. The second-order valence-electron chi connectivity index (χ2n) is 5.71. The van der Waals surface area contributed by atoms with Crippen LogP contribution in [0.15, 0.2) is 53.7 Å². The molecule has 2 heterocycles. The van der Waals surface area contributed by atoms with Crippen molar-refractivity contribution in [1.82, 2.24) is 9.29 Å². The molecular weight excluding hydrogens is 363 g/mol. The van der Waals surface area contributed by atoms with Gasteiger partial charge in [-0.2, -0.15) is 4.31 Å². The van der Waals surface area contributed by atoms with E-state index in [1.54, 1.807) is 6.07 Å². The molecule has 1 aromatic carbocycles. The van der Waals surface area contributed by atoms with Crippen molar-refractivity contribution in [3.63, 3.8) is 0 Å². The van der Waals surface area contributed by atoms with Gasteiger partial charge in [-0.3, -0.25) is 9.78 Å². The van der Waals surface area contributed by atoms with E-state index >= 15 is 0 Å². The lowest BCUT2D eigenvalue weighted by Gasteiger charge is -2.21. The van der Waals surface area contributed by atoms with E-state index in [4.69, 9.17) is 9.47 Å². The van der Waals surface area contributed by atoms with Crippen molar-refractivity contribution in [3.8, 4) is 5.75 Å². The van der Waals surface area contributed by atoms with Crippen LogP contribution in [-0.4, -0.2) is 49.5 Å². The Morgan fingerprint density at radius 3 is 2.69 bits per heavy atom. The minimum absolute atomic E-state index is 0.00161. The molecule has 0 unspecified atom stereocenters. The maximum Gasteiger partial charge on any atom is 0.324 e. The molecule has 0 N–H and O–H groups in total. The molecule has 0 saturated carbocycles. The van der Waals surface area contributed by atoms with Crippen LogP contribution >= 0.6 is 0 Å². The van der Waals surface area contributed by atoms with Gasteiger partial charge in [-0.05, 0) is 24.3 Å². The molecule has 2 atom stereocenters. The minimum atomic E-state index is -3.98. The Kier molecular flexibility index (Phi) is 5.19. The number of pyridine rings is 1. The Balaban J connectivity index is 1.88. The molecule has 1 fully saturated rings. The van der Waals surface area contributed by atoms with E-state index in [0.717, 1.165) is 4.31 Å². The SMILES string of the molecule is COC(=O)[C@@H]1C[C@H](Oc2ccccc2F)CN1S(=O)(=O)c1cccnc1. The number of methoxy groups -OCH3 is 1. The normalized spacial score (nSPS) is 20.7. The molecule has 1 saturated heterocycles. The van der Waals surface area contributed by atoms with Gasteiger partial charge in [0.05, 0.1) is 13.7 Å². The van der Waals surface area contributed by atoms with E-state index < -0.39 is 34.0 Å². The predicted molar refractivity (Wildman–Crippen MR) is 89.4 cm³/mol. The molecular formula is C17H17FN2O5S. The summed E-state index contributed by atoms with van der Waals surface area (Å²) in [4.78, 5) is 15.9. The van der Waals surface area contributed by atoms with Gasteiger partial charge in [0.1, 0.15) is 17.0 Å². The maximum atomic E-state index is 13.8. The Bertz CT molecular complexity index is 891. The van der Waals surface area contributed by atoms with Gasteiger partial charge in [-0.15, -0.1) is 0 Å². The number of para-hydroxylation sites is 1. The van der Waals surface area contributed by atoms with Crippen LogP contribution in [0.3, 0.4) is 0 Å². The number of halogens is 1. The monoisotopic (exact) mass is 380 g/mol. The van der Waals surface area contributed by atoms with E-state index in [0.29, 0.717) is 0 Å². The second-order valence-corrected chi connectivity index (χ2v) is 7.60. The molecule has 0 amide bonds. The summed E-state index contributed by atoms with van der Waals surface area (Å²) in [6.45, 7) is -0.106. The van der Waals surface area contributed by atoms with Gasteiger partial charge in [-0.1, -0.05) is 12.1 Å². The largest absolute Gasteiger partial charge is 0.486 e. The average Bonchev–Trinajstić information content (AvgIpc) is 3.08. The van der Waals surface area contributed by atoms with E-state index in [2.05, 4.69) is 4.98 Å². The Morgan fingerprint density at radius 2 is 2.04 bits per heavy atom. The number of esters is 1. The summed E-state index contributed by atoms with van der Waals surface area (Å²) in [5.41, 5.74) is 0. The number of nitrogens with zero attached hydrogens (tertiary/aromatic N) is 2. The van der Waals surface area contributed by atoms with Crippen LogP contribution in [0.25, 0.3) is 0 Å². The van der Waals surface area contributed by atoms with Crippen LogP contribution in [-0.2, 0) is 19.6 Å². The summed E-state index contributed by atoms with van der Waals surface area (Å²) in [5, 5.41) is 0. The molecule has 1 aromatic heterocycles. The van der Waals surface area contributed by atoms with Crippen molar-refractivity contribution in [3.05, 3.63) is 54.6 Å². The van der Waals surface area contributed by atoms with Crippen LogP contribution in [0.1, 0.15) is 6.42 Å². The smallest absolute Gasteiger partial charge is 0.324 e. The highest BCUT2D eigenvalue weighted by Gasteiger charge is 2.45. The summed E-state index contributed by atoms with van der Waals surface area (Å²) >= 11 is 0. The Labute approximate surface area is 150 Å². The lowest BCUT2D eigenvalue weighted by molar-refractivity contribution is -0.144. The number of sulfonamides is 1. The standard InChI is InChI=1S/C17H17FN2O5S/c1-24-17(21)15-9-12(25-16-7-3-2-6-14(16)18)11-20(15)26(22,23)13-5-4-8-19-10-13/h2-8,10,12,15H,9,11H2,1H3/t12-,15-/m0/s1. The lowest BCUT2D eigenvalue weighted by Crippen LogP contribution is -2.41. The highest BCUT2D eigenvalue weighted by molar-refractivity contribution is 7.89. The van der Waals surface area contributed by atoms with Gasteiger partial charge in [-0.25, -0.2) is 12.8 Å². The van der Waals surface area contributed by atoms with Crippen molar-refractivity contribution in [2.24, 2.45) is 0 Å². The summed E-state index contributed by atoms with van der Waals surface area (Å²) < 4.78 is 50.9. The second kappa shape index (κ2) is 7.38. The molecule has 3 rings (SSSR count). The molecule has 138 valence electrons. The number of benzene rings is 1. The molecule has 2 aromatic rings. The summed E-state index contributed by atoms with van der Waals surface area (Å²) in [6.07, 6.45) is 2.02. The highest BCUT2D eigenvalue weighted by atomic mass is 32.2. The number of carbonyl (C=O) groups is 1. The van der Waals surface area contributed by atoms with Crippen molar-refractivity contribution >= 4 is 16.0 Å². The number of carbonyl (C=O) groups excluding carboxylic acids is 1. The zero-order valence-corrected chi connectivity index (χ0v) is 14.7. The molecule has 26 heavy (non-hydrogen) atoms. The van der Waals surface area contributed by atoms with Gasteiger partial charge >= 0.3 is 5.97 Å². The van der Waals surface area contributed by atoms with Gasteiger partial charge in [0, 0.05) is 18.8 Å². The van der Waals surface area contributed by atoms with Crippen molar-refractivity contribution in [1.29, 1.82) is 0 Å². The fourth-order valence-electron chi connectivity index (χ4n) is 2.82. The molecule has 0 bridgehead atoms. The Morgan fingerprint density at radius 1 is 1.27 bits per heavy atom. The van der Waals surface area contributed by atoms with Gasteiger partial charge < -0.3 is 9.47 Å². The third kappa shape index (κ3) is 3.54. The Hall–Kier alpha value is -2.52. The molecule has 0 radical (unpaired) electrons. The van der Waals surface area contributed by atoms with Gasteiger partial charge in [0.15, 0.2) is 11.6 Å². The molecule has 0 aliphatic carbocycles. The first kappa shape index (κ1) is 18.3. The predicted octanol–water partition coefficient (Wildman–Crippen LogP) is 1.60. The minimum Gasteiger partial charge on any atom is -0.486 e. The number of hydrogen-bond acceptors (Lipinski definition) is 6. The molecule has 1 aliphatic heterocycles. The first-order chi connectivity index (χ1) is 12.4. The van der Waals surface area contributed by atoms with E-state index in [9.17, 15) is 17.6 Å². The van der Waals surface area contributed by atoms with E-state index in [1.165, 1.54) is 49.8 Å². The molecule has 0 spiro atoms. The zero-order chi connectivity index (χ0) is 18.7. The molecule has 7 nitrogen and oxygen atoms in total. The number of hydrogen-bond donors (Lipinski definition) is 0. The van der Waals surface area contributed by atoms with Crippen LogP contribution in [0.2, 0.25) is 0 Å². The molecule has 9 heteroatoms. The number of ether oxygens (including phenoxy) is 2. The van der Waals surface area contributed by atoms with Gasteiger partial charge in [0.2, 0.25) is 10.0 Å². The summed E-state index contributed by atoms with van der Waals surface area (Å²) in [5.74, 6) is -1.26. The third-order valence-corrected chi connectivity index (χ3v) is 5.92. The van der Waals surface area contributed by atoms with Crippen LogP contribution < -0.4 is 4.74 Å². The van der Waals surface area contributed by atoms with Crippen LogP contribution in [0.4, 0.5) is 4.39 Å². The van der Waals surface area contributed by atoms with Crippen LogP contribution in [0.5, 0.6) is 5.75 Å². The summed E-state index contributed by atoms with van der Waals surface area (Å²) in [6, 6.07) is 7.64. The van der Waals surface area contributed by atoms with Crippen molar-refractivity contribution in [2.75, 3.05) is 13.7 Å². The fraction of sp³-hybridized carbons (Fsp3) is 0.294. The lowest BCUT2D eigenvalue weighted by atomic mass is 10.2. The number of rotatable bonds is 5. The number of aromatic nitrogens is 1. The maximum absolute atomic E-state index is 13.8. The van der Waals surface area contributed by atoms with E-state index in [1.807, 2.05) is 0 Å². The summed E-state index contributed by atoms with van der Waals surface area (Å²) in [7, 11) is -2.80. The van der Waals surface area contributed by atoms with Gasteiger partial charge in [0.25, 0.3) is 0 Å². The van der Waals surface area contributed by atoms with Crippen LogP contribution in [0, 0.1) is 5.82 Å². The topological polar surface area (TPSA) is 85.8 Å². The highest BCUT2D eigenvalue weighted by Crippen LogP contribution is 2.30. The third-order valence-electron chi connectivity index (χ3n) is 4.06.